The van der Waals surface area contributed by atoms with Gasteiger partial charge in [-0.2, -0.15) is 0 Å². The fourth-order valence-corrected chi connectivity index (χ4v) is 5.93. The molecule has 0 radical (unpaired) electrons. The third-order valence-corrected chi connectivity index (χ3v) is 8.29. The van der Waals surface area contributed by atoms with Crippen molar-refractivity contribution in [2.45, 2.75) is 0 Å². The van der Waals surface area contributed by atoms with Crippen LogP contribution >= 0.6 is 0 Å². The topological polar surface area (TPSA) is 65.2 Å². The number of rotatable bonds is 9. The Morgan fingerprint density at radius 3 is 1.20 bits per heavy atom. The number of hydrogen-bond donors (Lipinski definition) is 2. The number of para-hydroxylation sites is 3. The highest BCUT2D eigenvalue weighted by Gasteiger charge is 2.20. The normalized spacial score (nSPS) is 10.6. The molecule has 0 unspecified atom stereocenters. The van der Waals surface area contributed by atoms with Crippen LogP contribution in [0.15, 0.2) is 194 Å². The Morgan fingerprint density at radius 2 is 0.755 bits per heavy atom. The van der Waals surface area contributed by atoms with Crippen LogP contribution in [0.4, 0.5) is 34.1 Å². The second-order valence-electron chi connectivity index (χ2n) is 11.4. The summed E-state index contributed by atoms with van der Waals surface area (Å²) in [7, 11) is 0. The van der Waals surface area contributed by atoms with Crippen molar-refractivity contribution in [2.75, 3.05) is 9.80 Å². The van der Waals surface area contributed by atoms with Crippen LogP contribution in [-0.4, -0.2) is 11.8 Å². The Bertz CT molecular complexity index is 2110. The standard InChI is InChI=1S/C44H34N4O/c45-43(49-44(46)42-24-14-13-23-41(42)33-15-5-1-6-16-33)34-25-27-38(28-26-34)48(37-21-11-4-12-22-37)40-31-29-39(30-32-40)47(35-17-7-2-8-18-35)36-19-9-3-10-20-36/h1-32,45-46H/p+1. The van der Waals surface area contributed by atoms with Crippen molar-refractivity contribution in [2.24, 2.45) is 0 Å². The van der Waals surface area contributed by atoms with Gasteiger partial charge in [0, 0.05) is 39.7 Å². The molecule has 7 aromatic rings. The molecule has 0 saturated heterocycles. The zero-order valence-corrected chi connectivity index (χ0v) is 26.9. The number of nitrogens with zero attached hydrogens (tertiary/aromatic N) is 2. The first-order valence-corrected chi connectivity index (χ1v) is 16.2. The van der Waals surface area contributed by atoms with Crippen molar-refractivity contribution >= 4 is 45.9 Å². The van der Waals surface area contributed by atoms with Crippen LogP contribution < -0.4 is 15.2 Å². The summed E-state index contributed by atoms with van der Waals surface area (Å²) in [5.74, 6) is 0.157. The predicted octanol–water partition coefficient (Wildman–Crippen LogP) is 9.84. The molecule has 0 aliphatic carbocycles. The Labute approximate surface area is 287 Å². The molecular formula is C44H35N4O+. The lowest BCUT2D eigenvalue weighted by molar-refractivity contribution is -0.130. The number of nitrogens with one attached hydrogen (secondary N) is 1. The number of ether oxygens (including phenoxy) is 1. The van der Waals surface area contributed by atoms with Crippen LogP contribution in [0.1, 0.15) is 11.1 Å². The number of benzene rings is 7. The molecule has 0 amide bonds. The molecule has 0 saturated carbocycles. The minimum absolute atomic E-state index is 0.0237. The average molecular weight is 636 g/mol. The highest BCUT2D eigenvalue weighted by atomic mass is 16.5. The lowest BCUT2D eigenvalue weighted by Crippen LogP contribution is -2.43. The van der Waals surface area contributed by atoms with E-state index < -0.39 is 0 Å². The maximum atomic E-state index is 8.75. The van der Waals surface area contributed by atoms with Gasteiger partial charge in [-0.05, 0) is 102 Å². The van der Waals surface area contributed by atoms with E-state index in [1.807, 2.05) is 109 Å². The van der Waals surface area contributed by atoms with Gasteiger partial charge < -0.3 is 14.5 Å². The molecule has 0 aromatic heterocycles. The molecule has 3 N–H and O–H groups in total. The number of anilines is 6. The summed E-state index contributed by atoms with van der Waals surface area (Å²) in [6.45, 7) is 0. The third-order valence-electron chi connectivity index (χ3n) is 8.29. The molecule has 236 valence electrons. The number of hydrogen-bond acceptors (Lipinski definition) is 4. The fraction of sp³-hybridized carbons (Fsp3) is 0. The quantitative estimate of drug-likeness (QED) is 0.123. The maximum absolute atomic E-state index is 8.75. The van der Waals surface area contributed by atoms with E-state index in [1.54, 1.807) is 0 Å². The highest BCUT2D eigenvalue weighted by molar-refractivity contribution is 6.06. The molecule has 0 heterocycles. The first kappa shape index (κ1) is 30.9. The third kappa shape index (κ3) is 6.87. The van der Waals surface area contributed by atoms with Gasteiger partial charge in [0.25, 0.3) is 0 Å². The summed E-state index contributed by atoms with van der Waals surface area (Å²) >= 11 is 0. The van der Waals surface area contributed by atoms with E-state index in [9.17, 15) is 0 Å². The van der Waals surface area contributed by atoms with Gasteiger partial charge in [0.05, 0.1) is 5.56 Å². The van der Waals surface area contributed by atoms with Gasteiger partial charge in [-0.25, -0.2) is 5.41 Å². The summed E-state index contributed by atoms with van der Waals surface area (Å²) in [5.41, 5.74) is 9.54. The van der Waals surface area contributed by atoms with E-state index in [4.69, 9.17) is 15.6 Å². The second-order valence-corrected chi connectivity index (χ2v) is 11.4. The Kier molecular flexibility index (Phi) is 9.06. The minimum Gasteiger partial charge on any atom is -0.386 e. The van der Waals surface area contributed by atoms with Crippen LogP contribution in [0.3, 0.4) is 0 Å². The van der Waals surface area contributed by atoms with E-state index in [1.165, 1.54) is 0 Å². The Morgan fingerprint density at radius 1 is 0.408 bits per heavy atom. The molecule has 0 spiro atoms. The van der Waals surface area contributed by atoms with Gasteiger partial charge in [-0.1, -0.05) is 103 Å². The molecule has 7 aromatic carbocycles. The Balaban J connectivity index is 1.15. The van der Waals surface area contributed by atoms with Crippen LogP contribution in [0.2, 0.25) is 0 Å². The van der Waals surface area contributed by atoms with Gasteiger partial charge in [-0.15, -0.1) is 0 Å². The average Bonchev–Trinajstić information content (AvgIpc) is 3.17. The van der Waals surface area contributed by atoms with Crippen LogP contribution in [0.25, 0.3) is 11.1 Å². The van der Waals surface area contributed by atoms with Gasteiger partial charge in [0.2, 0.25) is 5.90 Å². The van der Waals surface area contributed by atoms with E-state index in [0.717, 1.165) is 50.8 Å². The van der Waals surface area contributed by atoms with Crippen molar-refractivity contribution in [3.05, 3.63) is 205 Å². The number of nitrogens with two attached hydrogens (primary N) is 1. The molecule has 49 heavy (non-hydrogen) atoms. The monoisotopic (exact) mass is 635 g/mol. The van der Waals surface area contributed by atoms with Crippen molar-refractivity contribution in [3.8, 4) is 11.1 Å². The van der Waals surface area contributed by atoms with Gasteiger partial charge >= 0.3 is 5.90 Å². The molecule has 0 fully saturated rings. The highest BCUT2D eigenvalue weighted by Crippen LogP contribution is 2.39. The molecular weight excluding hydrogens is 601 g/mol. The summed E-state index contributed by atoms with van der Waals surface area (Å²) in [4.78, 5) is 4.45. The van der Waals surface area contributed by atoms with Crippen LogP contribution in [0, 0.1) is 5.41 Å². The molecule has 0 atom stereocenters. The van der Waals surface area contributed by atoms with Crippen LogP contribution in [-0.2, 0) is 4.74 Å². The largest absolute Gasteiger partial charge is 0.386 e. The molecule has 0 bridgehead atoms. The van der Waals surface area contributed by atoms with Crippen molar-refractivity contribution in [1.82, 2.24) is 0 Å². The lowest BCUT2D eigenvalue weighted by atomic mass is 10.00. The van der Waals surface area contributed by atoms with Crippen molar-refractivity contribution in [3.63, 3.8) is 0 Å². The summed E-state index contributed by atoms with van der Waals surface area (Å²) in [6, 6.07) is 65.2. The molecule has 5 nitrogen and oxygen atoms in total. The van der Waals surface area contributed by atoms with Crippen LogP contribution in [0.5, 0.6) is 0 Å². The first-order valence-electron chi connectivity index (χ1n) is 16.2. The smallest absolute Gasteiger partial charge is 0.374 e. The minimum atomic E-state index is -0.0237. The van der Waals surface area contributed by atoms with E-state index in [-0.39, 0.29) is 11.8 Å². The van der Waals surface area contributed by atoms with E-state index in [2.05, 4.69) is 94.7 Å². The second kappa shape index (κ2) is 14.4. The van der Waals surface area contributed by atoms with E-state index in [0.29, 0.717) is 5.56 Å². The van der Waals surface area contributed by atoms with Gasteiger partial charge in [-0.3, -0.25) is 5.41 Å². The zero-order valence-electron chi connectivity index (χ0n) is 26.9. The van der Waals surface area contributed by atoms with Gasteiger partial charge in [0.1, 0.15) is 0 Å². The Hall–Kier alpha value is -6.72. The van der Waals surface area contributed by atoms with Gasteiger partial charge in [0.15, 0.2) is 0 Å². The summed E-state index contributed by atoms with van der Waals surface area (Å²) < 4.78 is 5.92. The SMILES string of the molecule is N=C(OC(=[NH2+])c1ccccc1-c1ccccc1)c1ccc(N(c2ccccc2)c2ccc(N(c3ccccc3)c3ccccc3)cc2)cc1. The molecule has 0 aliphatic heterocycles. The zero-order chi connectivity index (χ0) is 33.4. The first-order chi connectivity index (χ1) is 24.2. The van der Waals surface area contributed by atoms with E-state index >= 15 is 0 Å². The lowest BCUT2D eigenvalue weighted by Gasteiger charge is -2.28. The van der Waals surface area contributed by atoms with Crippen molar-refractivity contribution in [1.29, 1.82) is 5.41 Å². The molecule has 0 aliphatic rings. The fourth-order valence-electron chi connectivity index (χ4n) is 5.93. The summed E-state index contributed by atoms with van der Waals surface area (Å²) in [5, 5.41) is 15.2. The molecule has 5 heteroatoms. The predicted molar refractivity (Wildman–Crippen MR) is 202 cm³/mol. The molecule has 7 rings (SSSR count). The summed E-state index contributed by atoms with van der Waals surface area (Å²) in [6.07, 6.45) is 0. The maximum Gasteiger partial charge on any atom is 0.374 e. The van der Waals surface area contributed by atoms with Crippen molar-refractivity contribution < 1.29 is 10.1 Å².